The number of nitrogens with zero attached hydrogens (tertiary/aromatic N) is 2. The molecule has 23 heavy (non-hydrogen) atoms. The van der Waals surface area contributed by atoms with Gasteiger partial charge in [0.2, 0.25) is 0 Å². The summed E-state index contributed by atoms with van der Waals surface area (Å²) in [7, 11) is 0. The standard InChI is InChI=1S/C17H27N3O2.HI/c1-13-5-6-14(15(11-13)22-17(2,3)4)12-19-16(18)20-7-9-21-10-8-20;/h5-6,11H,7-10,12H2,1-4H3,(H2,18,19);1H. The number of guanidine groups is 1. The maximum absolute atomic E-state index is 6.08. The van der Waals surface area contributed by atoms with Gasteiger partial charge in [-0.1, -0.05) is 12.1 Å². The minimum atomic E-state index is -0.234. The number of nitrogens with two attached hydrogens (primary N) is 1. The van der Waals surface area contributed by atoms with Crippen LogP contribution in [-0.4, -0.2) is 42.8 Å². The predicted octanol–water partition coefficient (Wildman–Crippen LogP) is 2.94. The van der Waals surface area contributed by atoms with Gasteiger partial charge in [-0.05, 0) is 39.3 Å². The Morgan fingerprint density at radius 2 is 1.96 bits per heavy atom. The van der Waals surface area contributed by atoms with Crippen LogP contribution in [0.2, 0.25) is 0 Å². The van der Waals surface area contributed by atoms with Gasteiger partial charge in [0.25, 0.3) is 0 Å². The van der Waals surface area contributed by atoms with E-state index in [1.54, 1.807) is 0 Å². The zero-order chi connectivity index (χ0) is 16.2. The van der Waals surface area contributed by atoms with Crippen molar-refractivity contribution in [3.8, 4) is 5.75 Å². The SMILES string of the molecule is Cc1ccc(CN=C(N)N2CCOCC2)c(OC(C)(C)C)c1.I. The number of hydrogen-bond donors (Lipinski definition) is 1. The van der Waals surface area contributed by atoms with Gasteiger partial charge in [0, 0.05) is 18.7 Å². The first-order chi connectivity index (χ1) is 10.3. The molecule has 2 N–H and O–H groups in total. The summed E-state index contributed by atoms with van der Waals surface area (Å²) in [5.74, 6) is 1.46. The van der Waals surface area contributed by atoms with Gasteiger partial charge in [-0.25, -0.2) is 4.99 Å². The molecule has 0 saturated carbocycles. The monoisotopic (exact) mass is 433 g/mol. The molecule has 1 aromatic rings. The van der Waals surface area contributed by atoms with E-state index < -0.39 is 0 Å². The van der Waals surface area contributed by atoms with Crippen LogP contribution in [0.15, 0.2) is 23.2 Å². The summed E-state index contributed by atoms with van der Waals surface area (Å²) in [6.45, 7) is 11.7. The van der Waals surface area contributed by atoms with Gasteiger partial charge < -0.3 is 20.1 Å². The first-order valence-electron chi connectivity index (χ1n) is 7.76. The van der Waals surface area contributed by atoms with Crippen molar-refractivity contribution in [2.75, 3.05) is 26.3 Å². The van der Waals surface area contributed by atoms with Crippen LogP contribution in [0.4, 0.5) is 0 Å². The molecule has 6 heteroatoms. The van der Waals surface area contributed by atoms with Crippen LogP contribution >= 0.6 is 24.0 Å². The van der Waals surface area contributed by atoms with Crippen LogP contribution in [0.5, 0.6) is 5.75 Å². The van der Waals surface area contributed by atoms with Gasteiger partial charge in [-0.15, -0.1) is 24.0 Å². The predicted molar refractivity (Wildman–Crippen MR) is 105 cm³/mol. The normalized spacial score (nSPS) is 16.0. The summed E-state index contributed by atoms with van der Waals surface area (Å²) in [6.07, 6.45) is 0. The van der Waals surface area contributed by atoms with Crippen molar-refractivity contribution in [3.63, 3.8) is 0 Å². The maximum atomic E-state index is 6.08. The summed E-state index contributed by atoms with van der Waals surface area (Å²) >= 11 is 0. The smallest absolute Gasteiger partial charge is 0.191 e. The molecule has 0 atom stereocenters. The van der Waals surface area contributed by atoms with Crippen LogP contribution in [0.1, 0.15) is 31.9 Å². The Balaban J connectivity index is 0.00000264. The van der Waals surface area contributed by atoms with E-state index >= 15 is 0 Å². The Morgan fingerprint density at radius 3 is 2.57 bits per heavy atom. The summed E-state index contributed by atoms with van der Waals surface area (Å²) in [6, 6.07) is 6.19. The fourth-order valence-corrected chi connectivity index (χ4v) is 2.28. The number of aliphatic imine (C=N–C) groups is 1. The molecule has 1 fully saturated rings. The average molecular weight is 433 g/mol. The third-order valence-corrected chi connectivity index (χ3v) is 3.39. The molecular formula is C17H28IN3O2. The maximum Gasteiger partial charge on any atom is 0.191 e. The fraction of sp³-hybridized carbons (Fsp3) is 0.588. The molecule has 0 bridgehead atoms. The molecule has 0 radical (unpaired) electrons. The molecule has 1 aliphatic heterocycles. The number of ether oxygens (including phenoxy) is 2. The molecule has 1 heterocycles. The lowest BCUT2D eigenvalue weighted by Crippen LogP contribution is -2.44. The Hall–Kier alpha value is -1.02. The molecular weight excluding hydrogens is 405 g/mol. The lowest BCUT2D eigenvalue weighted by molar-refractivity contribution is 0.0674. The number of morpholine rings is 1. The molecule has 0 aliphatic carbocycles. The van der Waals surface area contributed by atoms with Crippen LogP contribution in [0, 0.1) is 6.92 Å². The Morgan fingerprint density at radius 1 is 1.30 bits per heavy atom. The highest BCUT2D eigenvalue weighted by Crippen LogP contribution is 2.25. The molecule has 1 aromatic carbocycles. The number of rotatable bonds is 3. The van der Waals surface area contributed by atoms with Crippen molar-refractivity contribution in [1.82, 2.24) is 4.90 Å². The Bertz CT molecular complexity index is 535. The van der Waals surface area contributed by atoms with Crippen molar-refractivity contribution in [2.24, 2.45) is 10.7 Å². The highest BCUT2D eigenvalue weighted by Gasteiger charge is 2.16. The summed E-state index contributed by atoms with van der Waals surface area (Å²) in [5, 5.41) is 0. The minimum absolute atomic E-state index is 0. The largest absolute Gasteiger partial charge is 0.488 e. The van der Waals surface area contributed by atoms with Gasteiger partial charge in [0.15, 0.2) is 5.96 Å². The topological polar surface area (TPSA) is 60.1 Å². The van der Waals surface area contributed by atoms with Crippen molar-refractivity contribution >= 4 is 29.9 Å². The number of aryl methyl sites for hydroxylation is 1. The first kappa shape index (κ1) is 20.0. The molecule has 2 rings (SSSR count). The summed E-state index contributed by atoms with van der Waals surface area (Å²) in [5.41, 5.74) is 8.08. The lowest BCUT2D eigenvalue weighted by atomic mass is 10.1. The molecule has 130 valence electrons. The molecule has 0 amide bonds. The Labute approximate surface area is 156 Å². The lowest BCUT2D eigenvalue weighted by Gasteiger charge is -2.27. The fourth-order valence-electron chi connectivity index (χ4n) is 2.28. The van der Waals surface area contributed by atoms with Crippen molar-refractivity contribution in [2.45, 2.75) is 39.8 Å². The summed E-state index contributed by atoms with van der Waals surface area (Å²) < 4.78 is 11.4. The van der Waals surface area contributed by atoms with Crippen LogP contribution < -0.4 is 10.5 Å². The van der Waals surface area contributed by atoms with Crippen molar-refractivity contribution in [1.29, 1.82) is 0 Å². The number of benzene rings is 1. The van der Waals surface area contributed by atoms with E-state index in [2.05, 4.69) is 35.0 Å². The van der Waals surface area contributed by atoms with Crippen molar-refractivity contribution < 1.29 is 9.47 Å². The average Bonchev–Trinajstić information content (AvgIpc) is 2.45. The number of halogens is 1. The second-order valence-corrected chi connectivity index (χ2v) is 6.60. The molecule has 1 aliphatic rings. The van der Waals surface area contributed by atoms with Crippen LogP contribution in [0.3, 0.4) is 0 Å². The van der Waals surface area contributed by atoms with E-state index in [9.17, 15) is 0 Å². The zero-order valence-corrected chi connectivity index (χ0v) is 16.8. The molecule has 0 spiro atoms. The molecule has 1 saturated heterocycles. The molecule has 0 unspecified atom stereocenters. The van der Waals surface area contributed by atoms with Gasteiger partial charge in [0.1, 0.15) is 11.4 Å². The van der Waals surface area contributed by atoms with E-state index in [1.165, 1.54) is 5.56 Å². The Kier molecular flexibility index (Phi) is 7.60. The summed E-state index contributed by atoms with van der Waals surface area (Å²) in [4.78, 5) is 6.58. The second-order valence-electron chi connectivity index (χ2n) is 6.60. The quantitative estimate of drug-likeness (QED) is 0.453. The third kappa shape index (κ3) is 6.55. The van der Waals surface area contributed by atoms with E-state index in [0.717, 1.165) is 24.4 Å². The van der Waals surface area contributed by atoms with Gasteiger partial charge in [-0.3, -0.25) is 0 Å². The first-order valence-corrected chi connectivity index (χ1v) is 7.76. The minimum Gasteiger partial charge on any atom is -0.488 e. The zero-order valence-electron chi connectivity index (χ0n) is 14.5. The van der Waals surface area contributed by atoms with E-state index in [0.29, 0.717) is 25.7 Å². The van der Waals surface area contributed by atoms with Gasteiger partial charge >= 0.3 is 0 Å². The number of hydrogen-bond acceptors (Lipinski definition) is 3. The highest BCUT2D eigenvalue weighted by molar-refractivity contribution is 14.0. The van der Waals surface area contributed by atoms with E-state index in [1.807, 2.05) is 20.8 Å². The van der Waals surface area contributed by atoms with Gasteiger partial charge in [-0.2, -0.15) is 0 Å². The second kappa shape index (κ2) is 8.73. The third-order valence-electron chi connectivity index (χ3n) is 3.39. The van der Waals surface area contributed by atoms with Crippen LogP contribution in [0.25, 0.3) is 0 Å². The van der Waals surface area contributed by atoms with E-state index in [4.69, 9.17) is 15.2 Å². The highest BCUT2D eigenvalue weighted by atomic mass is 127. The van der Waals surface area contributed by atoms with E-state index in [-0.39, 0.29) is 29.6 Å². The molecule has 5 nitrogen and oxygen atoms in total. The van der Waals surface area contributed by atoms with Crippen LogP contribution in [-0.2, 0) is 11.3 Å². The van der Waals surface area contributed by atoms with Crippen molar-refractivity contribution in [3.05, 3.63) is 29.3 Å². The van der Waals surface area contributed by atoms with Gasteiger partial charge in [0.05, 0.1) is 19.8 Å². The molecule has 0 aromatic heterocycles.